The van der Waals surface area contributed by atoms with Gasteiger partial charge in [-0.2, -0.15) is 0 Å². The van der Waals surface area contributed by atoms with Gasteiger partial charge in [0, 0.05) is 23.7 Å². The zero-order chi connectivity index (χ0) is 19.4. The SMILES string of the molecule is CNC(=O)[C@H](CO)NC(=O)c1cc2c(Oc3ccc(Cl)cc3)cncc2s1. The Morgan fingerprint density at radius 1 is 1.30 bits per heavy atom. The first kappa shape index (κ1) is 19.1. The Bertz CT molecular complexity index is 974. The van der Waals surface area contributed by atoms with Crippen LogP contribution in [0.2, 0.25) is 5.02 Å². The van der Waals surface area contributed by atoms with E-state index in [4.69, 9.17) is 16.3 Å². The number of thiophene rings is 1. The van der Waals surface area contributed by atoms with Gasteiger partial charge in [-0.3, -0.25) is 14.6 Å². The summed E-state index contributed by atoms with van der Waals surface area (Å²) in [5, 5.41) is 15.5. The number of hydrogen-bond acceptors (Lipinski definition) is 6. The van der Waals surface area contributed by atoms with Crippen LogP contribution in [-0.4, -0.2) is 41.6 Å². The van der Waals surface area contributed by atoms with Gasteiger partial charge in [-0.05, 0) is 30.3 Å². The lowest BCUT2D eigenvalue weighted by Crippen LogP contribution is -2.47. The highest BCUT2D eigenvalue weighted by atomic mass is 35.5. The van der Waals surface area contributed by atoms with Crippen molar-refractivity contribution in [3.63, 3.8) is 0 Å². The smallest absolute Gasteiger partial charge is 0.262 e. The van der Waals surface area contributed by atoms with Crippen LogP contribution in [0.15, 0.2) is 42.7 Å². The number of aromatic nitrogens is 1. The normalized spacial score (nSPS) is 11.8. The minimum absolute atomic E-state index is 0.376. The van der Waals surface area contributed by atoms with Gasteiger partial charge in [-0.15, -0.1) is 11.3 Å². The molecule has 1 aromatic carbocycles. The first-order valence-electron chi connectivity index (χ1n) is 7.96. The summed E-state index contributed by atoms with van der Waals surface area (Å²) in [5.74, 6) is 0.151. The first-order valence-corrected chi connectivity index (χ1v) is 9.15. The van der Waals surface area contributed by atoms with Crippen LogP contribution in [0, 0.1) is 0 Å². The fourth-order valence-electron chi connectivity index (χ4n) is 2.36. The number of carbonyl (C=O) groups is 2. The van der Waals surface area contributed by atoms with Crippen molar-refractivity contribution in [1.82, 2.24) is 15.6 Å². The molecule has 3 aromatic rings. The maximum absolute atomic E-state index is 12.4. The molecule has 0 radical (unpaired) electrons. The molecular formula is C18H16ClN3O4S. The summed E-state index contributed by atoms with van der Waals surface area (Å²) < 4.78 is 6.60. The highest BCUT2D eigenvalue weighted by Gasteiger charge is 2.21. The van der Waals surface area contributed by atoms with Crippen LogP contribution >= 0.6 is 22.9 Å². The van der Waals surface area contributed by atoms with Crippen LogP contribution in [0.25, 0.3) is 10.1 Å². The second kappa shape index (κ2) is 8.34. The molecule has 0 aliphatic rings. The van der Waals surface area contributed by atoms with Gasteiger partial charge in [0.25, 0.3) is 5.91 Å². The van der Waals surface area contributed by atoms with Crippen molar-refractivity contribution in [1.29, 1.82) is 0 Å². The molecule has 0 fully saturated rings. The molecule has 0 saturated heterocycles. The van der Waals surface area contributed by atoms with E-state index in [1.54, 1.807) is 42.7 Å². The Balaban J connectivity index is 1.85. The zero-order valence-electron chi connectivity index (χ0n) is 14.2. The van der Waals surface area contributed by atoms with Crippen LogP contribution in [0.4, 0.5) is 0 Å². The topological polar surface area (TPSA) is 101 Å². The Kier molecular flexibility index (Phi) is 5.90. The number of halogens is 1. The third-order valence-corrected chi connectivity index (χ3v) is 5.05. The molecule has 2 amide bonds. The molecule has 0 saturated carbocycles. The maximum atomic E-state index is 12.4. The highest BCUT2D eigenvalue weighted by Crippen LogP contribution is 2.34. The largest absolute Gasteiger partial charge is 0.455 e. The van der Waals surface area contributed by atoms with Gasteiger partial charge in [0.1, 0.15) is 11.8 Å². The first-order chi connectivity index (χ1) is 13.0. The number of aliphatic hydroxyl groups excluding tert-OH is 1. The minimum atomic E-state index is -1.02. The lowest BCUT2D eigenvalue weighted by molar-refractivity contribution is -0.123. The number of hydrogen-bond donors (Lipinski definition) is 3. The fraction of sp³-hybridized carbons (Fsp3) is 0.167. The van der Waals surface area contributed by atoms with Crippen molar-refractivity contribution in [3.05, 3.63) is 52.6 Å². The van der Waals surface area contributed by atoms with Gasteiger partial charge in [0.2, 0.25) is 5.91 Å². The molecular weight excluding hydrogens is 390 g/mol. The fourth-order valence-corrected chi connectivity index (χ4v) is 3.43. The Labute approximate surface area is 163 Å². The van der Waals surface area contributed by atoms with E-state index in [1.807, 2.05) is 0 Å². The van der Waals surface area contributed by atoms with Gasteiger partial charge in [0.05, 0.1) is 22.4 Å². The number of carbonyl (C=O) groups excluding carboxylic acids is 2. The van der Waals surface area contributed by atoms with Crippen LogP contribution in [-0.2, 0) is 4.79 Å². The summed E-state index contributed by atoms with van der Waals surface area (Å²) in [6.07, 6.45) is 3.19. The van der Waals surface area contributed by atoms with Crippen molar-refractivity contribution in [2.45, 2.75) is 6.04 Å². The molecule has 7 nitrogen and oxygen atoms in total. The van der Waals surface area contributed by atoms with E-state index in [9.17, 15) is 14.7 Å². The molecule has 0 spiro atoms. The van der Waals surface area contributed by atoms with Gasteiger partial charge < -0.3 is 20.5 Å². The second-order valence-corrected chi connectivity index (χ2v) is 7.06. The van der Waals surface area contributed by atoms with Crippen LogP contribution in [0.1, 0.15) is 9.67 Å². The van der Waals surface area contributed by atoms with Crippen molar-refractivity contribution >= 4 is 44.8 Å². The minimum Gasteiger partial charge on any atom is -0.455 e. The lowest BCUT2D eigenvalue weighted by Gasteiger charge is -2.13. The van der Waals surface area contributed by atoms with Gasteiger partial charge in [-0.1, -0.05) is 11.6 Å². The highest BCUT2D eigenvalue weighted by molar-refractivity contribution is 7.20. The van der Waals surface area contributed by atoms with Gasteiger partial charge in [-0.25, -0.2) is 0 Å². The number of amides is 2. The molecule has 0 aliphatic carbocycles. The predicted molar refractivity (Wildman–Crippen MR) is 104 cm³/mol. The summed E-state index contributed by atoms with van der Waals surface area (Å²) in [6, 6.07) is 7.54. The number of likely N-dealkylation sites (N-methyl/N-ethyl adjacent to an activating group) is 1. The molecule has 27 heavy (non-hydrogen) atoms. The molecule has 0 bridgehead atoms. The molecule has 3 N–H and O–H groups in total. The van der Waals surface area contributed by atoms with Crippen molar-refractivity contribution in [3.8, 4) is 11.5 Å². The molecule has 0 unspecified atom stereocenters. The number of nitrogens with one attached hydrogen (secondary N) is 2. The molecule has 2 aromatic heterocycles. The molecule has 3 rings (SSSR count). The number of benzene rings is 1. The number of nitrogens with zero attached hydrogens (tertiary/aromatic N) is 1. The third-order valence-electron chi connectivity index (χ3n) is 3.73. The molecule has 140 valence electrons. The summed E-state index contributed by atoms with van der Waals surface area (Å²) in [4.78, 5) is 28.6. The number of ether oxygens (including phenoxy) is 1. The van der Waals surface area contributed by atoms with Gasteiger partial charge in [0.15, 0.2) is 5.75 Å². The average Bonchev–Trinajstić information content (AvgIpc) is 3.12. The van der Waals surface area contributed by atoms with E-state index in [1.165, 1.54) is 18.4 Å². The molecule has 9 heteroatoms. The summed E-state index contributed by atoms with van der Waals surface area (Å²) >= 11 is 7.09. The summed E-state index contributed by atoms with van der Waals surface area (Å²) in [5.41, 5.74) is 0. The maximum Gasteiger partial charge on any atom is 0.262 e. The monoisotopic (exact) mass is 405 g/mol. The van der Waals surface area contributed by atoms with Crippen molar-refractivity contribution < 1.29 is 19.4 Å². The lowest BCUT2D eigenvalue weighted by atomic mass is 10.2. The quantitative estimate of drug-likeness (QED) is 0.585. The Hall–Kier alpha value is -2.68. The van der Waals surface area contributed by atoms with E-state index in [0.29, 0.717) is 21.4 Å². The number of fused-ring (bicyclic) bond motifs is 1. The standard InChI is InChI=1S/C18H16ClN3O4S/c1-20-17(24)13(9-23)22-18(25)15-6-12-14(7-21-8-16(12)27-15)26-11-4-2-10(19)3-5-11/h2-8,13,23H,9H2,1H3,(H,20,24)(H,22,25)/t13-/m0/s1. The summed E-state index contributed by atoms with van der Waals surface area (Å²) in [6.45, 7) is -0.497. The number of pyridine rings is 1. The molecule has 2 heterocycles. The van der Waals surface area contributed by atoms with Crippen LogP contribution < -0.4 is 15.4 Å². The molecule has 0 aliphatic heterocycles. The van der Waals surface area contributed by atoms with Gasteiger partial charge >= 0.3 is 0 Å². The van der Waals surface area contributed by atoms with Crippen molar-refractivity contribution in [2.24, 2.45) is 0 Å². The van der Waals surface area contributed by atoms with Crippen LogP contribution in [0.5, 0.6) is 11.5 Å². The average molecular weight is 406 g/mol. The van der Waals surface area contributed by atoms with E-state index in [0.717, 1.165) is 10.1 Å². The summed E-state index contributed by atoms with van der Waals surface area (Å²) in [7, 11) is 1.43. The Morgan fingerprint density at radius 3 is 2.70 bits per heavy atom. The number of aliphatic hydroxyl groups is 1. The van der Waals surface area contributed by atoms with Crippen molar-refractivity contribution in [2.75, 3.05) is 13.7 Å². The zero-order valence-corrected chi connectivity index (χ0v) is 15.8. The van der Waals surface area contributed by atoms with E-state index in [-0.39, 0.29) is 0 Å². The predicted octanol–water partition coefficient (Wildman–Crippen LogP) is 2.58. The van der Waals surface area contributed by atoms with E-state index >= 15 is 0 Å². The second-order valence-electron chi connectivity index (χ2n) is 5.54. The Morgan fingerprint density at radius 2 is 2.04 bits per heavy atom. The van der Waals surface area contributed by atoms with E-state index < -0.39 is 24.5 Å². The number of rotatable bonds is 6. The van der Waals surface area contributed by atoms with Crippen LogP contribution in [0.3, 0.4) is 0 Å². The third kappa shape index (κ3) is 4.36. The van der Waals surface area contributed by atoms with E-state index in [2.05, 4.69) is 15.6 Å². The molecule has 1 atom stereocenters.